The lowest BCUT2D eigenvalue weighted by Gasteiger charge is -2.00. The van der Waals surface area contributed by atoms with E-state index in [1.807, 2.05) is 10.6 Å². The van der Waals surface area contributed by atoms with Gasteiger partial charge in [-0.3, -0.25) is 4.40 Å². The molecule has 6 heteroatoms. The molecule has 86 valence electrons. The van der Waals surface area contributed by atoms with Crippen molar-refractivity contribution in [2.75, 3.05) is 0 Å². The molecule has 0 radical (unpaired) electrons. The molecular formula is C11H9ClN4S. The standard InChI is InChI=1S/C11H9ClN4S/c1-2-7-3-6-17-8(7)10-14-15-11-9(12)13-4-5-16(10)11/h3-6H,2H2,1H3. The molecule has 0 aliphatic carbocycles. The molecule has 3 aromatic heterocycles. The third-order valence-electron chi connectivity index (χ3n) is 2.61. The van der Waals surface area contributed by atoms with Crippen LogP contribution >= 0.6 is 22.9 Å². The largest absolute Gasteiger partial charge is 0.278 e. The molecule has 0 aliphatic rings. The second-order valence-corrected chi connectivity index (χ2v) is 4.84. The van der Waals surface area contributed by atoms with Crippen molar-refractivity contribution in [3.05, 3.63) is 34.6 Å². The third-order valence-corrected chi connectivity index (χ3v) is 3.83. The van der Waals surface area contributed by atoms with Gasteiger partial charge in [-0.15, -0.1) is 21.5 Å². The zero-order chi connectivity index (χ0) is 11.8. The summed E-state index contributed by atoms with van der Waals surface area (Å²) in [5.74, 6) is 0.830. The monoisotopic (exact) mass is 264 g/mol. The van der Waals surface area contributed by atoms with Crippen LogP contribution in [0.1, 0.15) is 12.5 Å². The number of aromatic nitrogens is 4. The van der Waals surface area contributed by atoms with E-state index >= 15 is 0 Å². The molecule has 0 bridgehead atoms. The Morgan fingerprint density at radius 3 is 3.12 bits per heavy atom. The molecule has 0 N–H and O–H groups in total. The molecule has 0 saturated carbocycles. The van der Waals surface area contributed by atoms with Gasteiger partial charge in [0.2, 0.25) is 0 Å². The number of aryl methyl sites for hydroxylation is 1. The Kier molecular flexibility index (Phi) is 2.57. The van der Waals surface area contributed by atoms with E-state index < -0.39 is 0 Å². The Balaban J connectivity index is 2.28. The van der Waals surface area contributed by atoms with Crippen molar-refractivity contribution >= 4 is 28.6 Å². The van der Waals surface area contributed by atoms with Crippen molar-refractivity contribution in [2.24, 2.45) is 0 Å². The molecule has 0 aromatic carbocycles. The molecule has 17 heavy (non-hydrogen) atoms. The van der Waals surface area contributed by atoms with Crippen LogP contribution in [0.5, 0.6) is 0 Å². The SMILES string of the molecule is CCc1ccsc1-c1nnc2c(Cl)nccn12. The van der Waals surface area contributed by atoms with Gasteiger partial charge < -0.3 is 0 Å². The first-order valence-corrected chi connectivity index (χ1v) is 6.49. The first kappa shape index (κ1) is 10.7. The van der Waals surface area contributed by atoms with Gasteiger partial charge >= 0.3 is 0 Å². The Labute approximate surface area is 107 Å². The molecule has 0 aliphatic heterocycles. The van der Waals surface area contributed by atoms with Crippen molar-refractivity contribution in [1.82, 2.24) is 19.6 Å². The number of hydrogen-bond acceptors (Lipinski definition) is 4. The number of thiophene rings is 1. The van der Waals surface area contributed by atoms with E-state index in [4.69, 9.17) is 11.6 Å². The third kappa shape index (κ3) is 1.62. The molecule has 0 atom stereocenters. The summed E-state index contributed by atoms with van der Waals surface area (Å²) in [6.45, 7) is 2.13. The molecule has 0 amide bonds. The van der Waals surface area contributed by atoms with E-state index in [9.17, 15) is 0 Å². The minimum atomic E-state index is 0.376. The highest BCUT2D eigenvalue weighted by atomic mass is 35.5. The van der Waals surface area contributed by atoms with E-state index in [0.29, 0.717) is 10.8 Å². The first-order valence-electron chi connectivity index (χ1n) is 5.23. The van der Waals surface area contributed by atoms with Crippen molar-refractivity contribution in [1.29, 1.82) is 0 Å². The summed E-state index contributed by atoms with van der Waals surface area (Å²) < 4.78 is 1.88. The maximum Gasteiger partial charge on any atom is 0.198 e. The average molecular weight is 265 g/mol. The molecule has 0 saturated heterocycles. The van der Waals surface area contributed by atoms with Gasteiger partial charge in [0.05, 0.1) is 4.88 Å². The molecule has 0 spiro atoms. The minimum Gasteiger partial charge on any atom is -0.278 e. The lowest BCUT2D eigenvalue weighted by atomic mass is 10.2. The Morgan fingerprint density at radius 2 is 2.29 bits per heavy atom. The van der Waals surface area contributed by atoms with Crippen molar-refractivity contribution in [3.63, 3.8) is 0 Å². The van der Waals surface area contributed by atoms with Crippen LogP contribution in [0.15, 0.2) is 23.8 Å². The maximum atomic E-state index is 5.97. The second kappa shape index (κ2) is 4.09. The Hall–Kier alpha value is -1.46. The quantitative estimate of drug-likeness (QED) is 0.714. The highest BCUT2D eigenvalue weighted by Crippen LogP contribution is 2.29. The number of nitrogens with zero attached hydrogens (tertiary/aromatic N) is 4. The fraction of sp³-hybridized carbons (Fsp3) is 0.182. The maximum absolute atomic E-state index is 5.97. The van der Waals surface area contributed by atoms with E-state index in [0.717, 1.165) is 17.1 Å². The van der Waals surface area contributed by atoms with E-state index in [1.54, 1.807) is 17.5 Å². The summed E-state index contributed by atoms with van der Waals surface area (Å²) in [7, 11) is 0. The molecule has 3 rings (SSSR count). The zero-order valence-electron chi connectivity index (χ0n) is 9.09. The lowest BCUT2D eigenvalue weighted by molar-refractivity contribution is 1.09. The molecule has 3 heterocycles. The van der Waals surface area contributed by atoms with Crippen LogP contribution in [0.3, 0.4) is 0 Å². The fourth-order valence-corrected chi connectivity index (χ4v) is 2.92. The molecular weight excluding hydrogens is 256 g/mol. The number of halogens is 1. The van der Waals surface area contributed by atoms with Crippen LogP contribution < -0.4 is 0 Å². The van der Waals surface area contributed by atoms with Gasteiger partial charge in [-0.25, -0.2) is 4.98 Å². The summed E-state index contributed by atoms with van der Waals surface area (Å²) >= 11 is 7.64. The van der Waals surface area contributed by atoms with Crippen molar-refractivity contribution < 1.29 is 0 Å². The fourth-order valence-electron chi connectivity index (χ4n) is 1.76. The number of hydrogen-bond donors (Lipinski definition) is 0. The summed E-state index contributed by atoms with van der Waals surface area (Å²) in [5, 5.41) is 10.7. The van der Waals surface area contributed by atoms with Gasteiger partial charge in [0.1, 0.15) is 0 Å². The zero-order valence-corrected chi connectivity index (χ0v) is 10.7. The predicted octanol–water partition coefficient (Wildman–Crippen LogP) is 3.07. The van der Waals surface area contributed by atoms with Gasteiger partial charge in [0.15, 0.2) is 16.6 Å². The summed E-state index contributed by atoms with van der Waals surface area (Å²) in [5.41, 5.74) is 1.87. The topological polar surface area (TPSA) is 43.1 Å². The van der Waals surface area contributed by atoms with Crippen molar-refractivity contribution in [3.8, 4) is 10.7 Å². The average Bonchev–Trinajstić information content (AvgIpc) is 2.94. The summed E-state index contributed by atoms with van der Waals surface area (Å²) in [4.78, 5) is 5.13. The van der Waals surface area contributed by atoms with Crippen LogP contribution in [-0.2, 0) is 6.42 Å². The molecule has 0 unspecified atom stereocenters. The Bertz CT molecular complexity index is 673. The Morgan fingerprint density at radius 1 is 1.41 bits per heavy atom. The smallest absolute Gasteiger partial charge is 0.198 e. The highest BCUT2D eigenvalue weighted by molar-refractivity contribution is 7.13. The first-order chi connectivity index (χ1) is 8.31. The van der Waals surface area contributed by atoms with Crippen LogP contribution in [0, 0.1) is 0 Å². The number of rotatable bonds is 2. The van der Waals surface area contributed by atoms with Gasteiger partial charge in [-0.1, -0.05) is 18.5 Å². The van der Waals surface area contributed by atoms with Gasteiger partial charge in [-0.2, -0.15) is 0 Å². The normalized spacial score (nSPS) is 11.2. The minimum absolute atomic E-state index is 0.376. The highest BCUT2D eigenvalue weighted by Gasteiger charge is 2.14. The van der Waals surface area contributed by atoms with Crippen LogP contribution in [0.25, 0.3) is 16.3 Å². The molecule has 3 aromatic rings. The molecule has 0 fully saturated rings. The lowest BCUT2D eigenvalue weighted by Crippen LogP contribution is -1.91. The summed E-state index contributed by atoms with van der Waals surface area (Å²) in [6, 6.07) is 2.11. The van der Waals surface area contributed by atoms with Crippen LogP contribution in [0.2, 0.25) is 5.15 Å². The van der Waals surface area contributed by atoms with Gasteiger partial charge in [0, 0.05) is 12.4 Å². The second-order valence-electron chi connectivity index (χ2n) is 3.56. The predicted molar refractivity (Wildman–Crippen MR) is 68.5 cm³/mol. The van der Waals surface area contributed by atoms with E-state index in [-0.39, 0.29) is 0 Å². The van der Waals surface area contributed by atoms with Gasteiger partial charge in [0.25, 0.3) is 0 Å². The van der Waals surface area contributed by atoms with Crippen LogP contribution in [-0.4, -0.2) is 19.6 Å². The van der Waals surface area contributed by atoms with Crippen molar-refractivity contribution in [2.45, 2.75) is 13.3 Å². The van der Waals surface area contributed by atoms with E-state index in [1.165, 1.54) is 5.56 Å². The summed E-state index contributed by atoms with van der Waals surface area (Å²) in [6.07, 6.45) is 4.46. The molecule has 4 nitrogen and oxygen atoms in total. The van der Waals surface area contributed by atoms with Crippen LogP contribution in [0.4, 0.5) is 0 Å². The van der Waals surface area contributed by atoms with E-state index in [2.05, 4.69) is 33.6 Å². The number of fused-ring (bicyclic) bond motifs is 1. The van der Waals surface area contributed by atoms with Gasteiger partial charge in [-0.05, 0) is 23.4 Å².